The third-order valence-electron chi connectivity index (χ3n) is 4.71. The van der Waals surface area contributed by atoms with Gasteiger partial charge in [0.1, 0.15) is 12.3 Å². The van der Waals surface area contributed by atoms with Crippen LogP contribution in [0.5, 0.6) is 5.75 Å². The number of fused-ring (bicyclic) bond motifs is 1. The molecule has 30 heavy (non-hydrogen) atoms. The topological polar surface area (TPSA) is 104 Å². The maximum atomic E-state index is 13.6. The van der Waals surface area contributed by atoms with Crippen molar-refractivity contribution >= 4 is 29.1 Å². The summed E-state index contributed by atoms with van der Waals surface area (Å²) in [6.45, 7) is -0.354. The molecule has 2 aromatic rings. The van der Waals surface area contributed by atoms with Crippen LogP contribution in [-0.4, -0.2) is 48.5 Å². The second-order valence-corrected chi connectivity index (χ2v) is 6.55. The van der Waals surface area contributed by atoms with Crippen molar-refractivity contribution in [2.75, 3.05) is 23.9 Å². The molecule has 2 atom stereocenters. The van der Waals surface area contributed by atoms with Gasteiger partial charge in [0.15, 0.2) is 23.7 Å². The first-order valence-corrected chi connectivity index (χ1v) is 8.84. The van der Waals surface area contributed by atoms with Gasteiger partial charge in [0, 0.05) is 6.07 Å². The van der Waals surface area contributed by atoms with Crippen LogP contribution in [-0.2, 0) is 14.4 Å². The summed E-state index contributed by atoms with van der Waals surface area (Å²) in [5, 5.41) is 11.3. The van der Waals surface area contributed by atoms with Crippen molar-refractivity contribution in [2.45, 2.75) is 12.1 Å². The van der Waals surface area contributed by atoms with E-state index in [1.54, 1.807) is 24.3 Å². The summed E-state index contributed by atoms with van der Waals surface area (Å²) < 4.78 is 31.9. The van der Waals surface area contributed by atoms with E-state index in [9.17, 15) is 23.2 Å². The Labute approximate surface area is 168 Å². The van der Waals surface area contributed by atoms with Crippen LogP contribution >= 0.6 is 0 Å². The number of imide groups is 1. The summed E-state index contributed by atoms with van der Waals surface area (Å²) in [4.78, 5) is 38.6. The Bertz CT molecular complexity index is 1080. The summed E-state index contributed by atoms with van der Waals surface area (Å²) in [5.74, 6) is -3.82. The Morgan fingerprint density at radius 3 is 2.63 bits per heavy atom. The number of ether oxygens (including phenoxy) is 1. The Morgan fingerprint density at radius 1 is 1.13 bits per heavy atom. The summed E-state index contributed by atoms with van der Waals surface area (Å²) in [5.41, 5.74) is 0.307. The summed E-state index contributed by atoms with van der Waals surface area (Å²) in [7, 11) is 1.46. The molecule has 3 amide bonds. The summed E-state index contributed by atoms with van der Waals surface area (Å²) >= 11 is 0. The molecule has 0 saturated carbocycles. The fourth-order valence-electron chi connectivity index (χ4n) is 3.32. The Kier molecular flexibility index (Phi) is 4.86. The number of carbonyl (C=O) groups is 3. The molecule has 0 spiro atoms. The van der Waals surface area contributed by atoms with Gasteiger partial charge in [-0.3, -0.25) is 19.4 Å². The van der Waals surface area contributed by atoms with Gasteiger partial charge in [0.05, 0.1) is 18.5 Å². The lowest BCUT2D eigenvalue weighted by molar-refractivity contribution is -0.123. The number of anilines is 2. The number of carbonyl (C=O) groups excluding carboxylic acids is 3. The molecule has 0 aliphatic carbocycles. The molecule has 2 aliphatic rings. The number of methoxy groups -OCH3 is 1. The lowest BCUT2D eigenvalue weighted by Crippen LogP contribution is -2.43. The molecule has 9 nitrogen and oxygen atoms in total. The highest BCUT2D eigenvalue weighted by atomic mass is 19.2. The quantitative estimate of drug-likeness (QED) is 0.752. The summed E-state index contributed by atoms with van der Waals surface area (Å²) in [6, 6.07) is 7.14. The highest BCUT2D eigenvalue weighted by molar-refractivity contribution is 6.25. The number of amides is 3. The van der Waals surface area contributed by atoms with Gasteiger partial charge < -0.3 is 10.1 Å². The van der Waals surface area contributed by atoms with E-state index in [1.165, 1.54) is 7.11 Å². The first-order chi connectivity index (χ1) is 14.4. The van der Waals surface area contributed by atoms with E-state index < -0.39 is 41.4 Å². The number of para-hydroxylation sites is 2. The van der Waals surface area contributed by atoms with Gasteiger partial charge in [-0.1, -0.05) is 17.4 Å². The van der Waals surface area contributed by atoms with Crippen molar-refractivity contribution in [3.8, 4) is 5.75 Å². The van der Waals surface area contributed by atoms with E-state index in [-0.39, 0.29) is 12.2 Å². The average Bonchev–Trinajstić information content (AvgIpc) is 3.24. The zero-order valence-electron chi connectivity index (χ0n) is 15.6. The Balaban J connectivity index is 1.50. The normalized spacial score (nSPS) is 20.0. The molecule has 1 N–H and O–H groups in total. The summed E-state index contributed by atoms with van der Waals surface area (Å²) in [6.07, 6.45) is 0. The maximum Gasteiger partial charge on any atom is 0.263 e. The zero-order chi connectivity index (χ0) is 21.4. The third-order valence-corrected chi connectivity index (χ3v) is 4.71. The van der Waals surface area contributed by atoms with Crippen molar-refractivity contribution in [1.82, 2.24) is 5.01 Å². The van der Waals surface area contributed by atoms with E-state index in [4.69, 9.17) is 4.74 Å². The highest BCUT2D eigenvalue weighted by Gasteiger charge is 2.55. The predicted molar refractivity (Wildman–Crippen MR) is 99.6 cm³/mol. The molecule has 2 aromatic carbocycles. The number of nitrogens with zero attached hydrogens (tertiary/aromatic N) is 4. The minimum atomic E-state index is -1.19. The molecule has 1 saturated heterocycles. The molecule has 2 unspecified atom stereocenters. The molecule has 2 aliphatic heterocycles. The number of rotatable bonds is 5. The first-order valence-electron chi connectivity index (χ1n) is 8.84. The van der Waals surface area contributed by atoms with Crippen molar-refractivity contribution in [2.24, 2.45) is 10.3 Å². The second-order valence-electron chi connectivity index (χ2n) is 6.55. The van der Waals surface area contributed by atoms with E-state index in [0.717, 1.165) is 28.1 Å². The highest BCUT2D eigenvalue weighted by Crippen LogP contribution is 2.32. The molecule has 0 aromatic heterocycles. The van der Waals surface area contributed by atoms with Crippen LogP contribution in [0.15, 0.2) is 52.8 Å². The van der Waals surface area contributed by atoms with Crippen LogP contribution in [0, 0.1) is 11.6 Å². The Morgan fingerprint density at radius 2 is 1.90 bits per heavy atom. The minimum absolute atomic E-state index is 0.119. The van der Waals surface area contributed by atoms with Crippen LogP contribution in [0.1, 0.15) is 0 Å². The first kappa shape index (κ1) is 19.4. The maximum absolute atomic E-state index is 13.6. The second kappa shape index (κ2) is 7.50. The molecular formula is C19H15F2N5O4. The SMILES string of the molecule is COc1ccccc1NC(=O)CN1N=NC2C(=O)N(c3ccc(F)c(F)c3)C(=O)C21. The van der Waals surface area contributed by atoms with E-state index in [2.05, 4.69) is 15.7 Å². The van der Waals surface area contributed by atoms with E-state index in [0.29, 0.717) is 11.4 Å². The molecule has 154 valence electrons. The fourth-order valence-corrected chi connectivity index (χ4v) is 3.32. The Hall–Kier alpha value is -3.89. The van der Waals surface area contributed by atoms with E-state index in [1.807, 2.05) is 0 Å². The lowest BCUT2D eigenvalue weighted by atomic mass is 10.1. The molecule has 0 bridgehead atoms. The largest absolute Gasteiger partial charge is 0.495 e. The lowest BCUT2D eigenvalue weighted by Gasteiger charge is -2.20. The van der Waals surface area contributed by atoms with Crippen molar-refractivity contribution < 1.29 is 27.9 Å². The molecule has 4 rings (SSSR count). The average molecular weight is 415 g/mol. The number of benzene rings is 2. The van der Waals surface area contributed by atoms with Crippen LogP contribution in [0.2, 0.25) is 0 Å². The minimum Gasteiger partial charge on any atom is -0.495 e. The molecule has 1 fully saturated rings. The van der Waals surface area contributed by atoms with Gasteiger partial charge in [-0.2, -0.15) is 5.11 Å². The molecule has 2 heterocycles. The van der Waals surface area contributed by atoms with Crippen molar-refractivity contribution in [3.63, 3.8) is 0 Å². The van der Waals surface area contributed by atoms with Gasteiger partial charge in [0.25, 0.3) is 11.8 Å². The van der Waals surface area contributed by atoms with Crippen LogP contribution in [0.4, 0.5) is 20.2 Å². The zero-order valence-corrected chi connectivity index (χ0v) is 15.6. The van der Waals surface area contributed by atoms with Gasteiger partial charge in [-0.05, 0) is 24.3 Å². The van der Waals surface area contributed by atoms with Gasteiger partial charge in [-0.25, -0.2) is 13.7 Å². The molecule has 11 heteroatoms. The van der Waals surface area contributed by atoms with Gasteiger partial charge >= 0.3 is 0 Å². The van der Waals surface area contributed by atoms with Crippen molar-refractivity contribution in [1.29, 1.82) is 0 Å². The van der Waals surface area contributed by atoms with Gasteiger partial charge in [0.2, 0.25) is 5.91 Å². The standard InChI is InChI=1S/C19H15F2N5O4/c1-30-14-5-3-2-4-13(14)22-15(27)9-25-17-16(23-24-25)18(28)26(19(17)29)10-6-7-11(20)12(21)8-10/h2-8,16-17H,9H2,1H3,(H,22,27). The smallest absolute Gasteiger partial charge is 0.263 e. The van der Waals surface area contributed by atoms with Crippen LogP contribution in [0.25, 0.3) is 0 Å². The third kappa shape index (κ3) is 3.23. The van der Waals surface area contributed by atoms with Crippen LogP contribution < -0.4 is 15.0 Å². The van der Waals surface area contributed by atoms with Crippen molar-refractivity contribution in [3.05, 3.63) is 54.1 Å². The monoisotopic (exact) mass is 415 g/mol. The van der Waals surface area contributed by atoms with Gasteiger partial charge in [-0.15, -0.1) is 0 Å². The molecular weight excluding hydrogens is 400 g/mol. The number of hydrogen-bond donors (Lipinski definition) is 1. The predicted octanol–water partition coefficient (Wildman–Crippen LogP) is 1.91. The number of hydrogen-bond acceptors (Lipinski definition) is 7. The number of halogens is 2. The van der Waals surface area contributed by atoms with E-state index >= 15 is 0 Å². The number of nitrogens with one attached hydrogen (secondary N) is 1. The molecule has 0 radical (unpaired) electrons. The van der Waals surface area contributed by atoms with Crippen LogP contribution in [0.3, 0.4) is 0 Å². The fraction of sp³-hybridized carbons (Fsp3) is 0.211.